The Kier molecular flexibility index (Phi) is 12.5. The summed E-state index contributed by atoms with van der Waals surface area (Å²) in [4.78, 5) is 27.9. The molecular weight excluding hydrogens is 540 g/mol. The van der Waals surface area contributed by atoms with Crippen molar-refractivity contribution in [1.29, 1.82) is 0 Å². The largest absolute Gasteiger partial charge is 0.445 e. The molecule has 0 bridgehead atoms. The smallest absolute Gasteiger partial charge is 0.410 e. The van der Waals surface area contributed by atoms with Gasteiger partial charge in [-0.3, -0.25) is 8.37 Å². The van der Waals surface area contributed by atoms with Gasteiger partial charge in [-0.05, 0) is 11.1 Å². The van der Waals surface area contributed by atoms with Crippen LogP contribution in [0.1, 0.15) is 11.1 Å². The first kappa shape index (κ1) is 31.0. The average molecular weight is 573 g/mol. The van der Waals surface area contributed by atoms with E-state index in [0.29, 0.717) is 0 Å². The molecule has 0 aliphatic carbocycles. The molecular formula is C24H32N2O10S2. The predicted octanol–water partition coefficient (Wildman–Crippen LogP) is 2.22. The molecule has 2 amide bonds. The molecule has 2 rings (SSSR count). The number of nitrogens with zero attached hydrogens (tertiary/aromatic N) is 2. The van der Waals surface area contributed by atoms with E-state index in [9.17, 15) is 26.4 Å². The number of benzene rings is 2. The lowest BCUT2D eigenvalue weighted by atomic mass is 10.2. The molecule has 0 saturated carbocycles. The average Bonchev–Trinajstić information content (AvgIpc) is 2.86. The Hall–Kier alpha value is -3.20. The number of carbonyl (C=O) groups is 2. The highest BCUT2D eigenvalue weighted by Crippen LogP contribution is 2.07. The Morgan fingerprint density at radius 3 is 1.26 bits per heavy atom. The third kappa shape index (κ3) is 13.4. The van der Waals surface area contributed by atoms with Gasteiger partial charge in [0.2, 0.25) is 0 Å². The number of ether oxygens (including phenoxy) is 2. The van der Waals surface area contributed by atoms with E-state index in [1.165, 1.54) is 9.80 Å². The van der Waals surface area contributed by atoms with Crippen molar-refractivity contribution in [3.05, 3.63) is 71.8 Å². The molecule has 38 heavy (non-hydrogen) atoms. The molecule has 0 heterocycles. The Morgan fingerprint density at radius 2 is 0.947 bits per heavy atom. The standard InChI is InChI=1S/C24H32N2O10S2/c1-37(29,30)35-17-15-25(23(27)33-19-21-9-5-3-6-10-21)13-14-26(16-18-36-38(2,31)32)24(28)34-20-22-11-7-4-8-12-22/h3-12H,13-20H2,1-2H3. The third-order valence-corrected chi connectivity index (χ3v) is 6.07. The molecule has 14 heteroatoms. The summed E-state index contributed by atoms with van der Waals surface area (Å²) >= 11 is 0. The molecule has 0 aliphatic rings. The van der Waals surface area contributed by atoms with Crippen LogP contribution in [0.25, 0.3) is 0 Å². The maximum absolute atomic E-state index is 12.8. The second kappa shape index (κ2) is 15.3. The fourth-order valence-electron chi connectivity index (χ4n) is 3.05. The topological polar surface area (TPSA) is 146 Å². The summed E-state index contributed by atoms with van der Waals surface area (Å²) in [5.74, 6) is 0. The van der Waals surface area contributed by atoms with Crippen molar-refractivity contribution in [3.8, 4) is 0 Å². The number of amides is 2. The summed E-state index contributed by atoms with van der Waals surface area (Å²) in [6, 6.07) is 17.9. The van der Waals surface area contributed by atoms with E-state index in [0.717, 1.165) is 23.6 Å². The van der Waals surface area contributed by atoms with Crippen LogP contribution in [0.2, 0.25) is 0 Å². The van der Waals surface area contributed by atoms with E-state index in [4.69, 9.17) is 17.8 Å². The van der Waals surface area contributed by atoms with Crippen molar-refractivity contribution in [1.82, 2.24) is 9.80 Å². The summed E-state index contributed by atoms with van der Waals surface area (Å²) in [5.41, 5.74) is 1.49. The zero-order chi connectivity index (χ0) is 28.0. The highest BCUT2D eigenvalue weighted by atomic mass is 32.2. The third-order valence-electron chi connectivity index (χ3n) is 4.88. The Bertz CT molecular complexity index is 1130. The van der Waals surface area contributed by atoms with Crippen molar-refractivity contribution in [2.75, 3.05) is 51.9 Å². The molecule has 0 N–H and O–H groups in total. The van der Waals surface area contributed by atoms with Gasteiger partial charge in [-0.15, -0.1) is 0 Å². The van der Waals surface area contributed by atoms with Crippen LogP contribution >= 0.6 is 0 Å². The number of carbonyl (C=O) groups excluding carboxylic acids is 2. The summed E-state index contributed by atoms with van der Waals surface area (Å²) in [6.07, 6.45) is 0.265. The summed E-state index contributed by atoms with van der Waals surface area (Å²) in [5, 5.41) is 0. The molecule has 2 aromatic rings. The molecule has 0 fully saturated rings. The lowest BCUT2D eigenvalue weighted by molar-refractivity contribution is 0.0722. The molecule has 0 unspecified atom stereocenters. The van der Waals surface area contributed by atoms with Gasteiger partial charge in [0.1, 0.15) is 13.2 Å². The molecule has 210 valence electrons. The molecule has 0 radical (unpaired) electrons. The van der Waals surface area contributed by atoms with Gasteiger partial charge in [0.15, 0.2) is 0 Å². The van der Waals surface area contributed by atoms with Crippen LogP contribution in [-0.4, -0.2) is 90.7 Å². The predicted molar refractivity (Wildman–Crippen MR) is 138 cm³/mol. The summed E-state index contributed by atoms with van der Waals surface area (Å²) in [7, 11) is -7.48. The minimum absolute atomic E-state index is 0.0197. The zero-order valence-corrected chi connectivity index (χ0v) is 22.9. The first-order valence-corrected chi connectivity index (χ1v) is 15.2. The lowest BCUT2D eigenvalue weighted by Crippen LogP contribution is -2.44. The van der Waals surface area contributed by atoms with E-state index in [2.05, 4.69) is 0 Å². The first-order valence-electron chi connectivity index (χ1n) is 11.5. The molecule has 0 aliphatic heterocycles. The monoisotopic (exact) mass is 572 g/mol. The van der Waals surface area contributed by atoms with Crippen LogP contribution in [0, 0.1) is 0 Å². The van der Waals surface area contributed by atoms with Gasteiger partial charge in [-0.2, -0.15) is 16.8 Å². The second-order valence-corrected chi connectivity index (χ2v) is 11.4. The summed E-state index contributed by atoms with van der Waals surface area (Å²) in [6.45, 7) is -1.15. The van der Waals surface area contributed by atoms with Crippen LogP contribution < -0.4 is 0 Å². The maximum Gasteiger partial charge on any atom is 0.410 e. The minimum atomic E-state index is -3.74. The van der Waals surface area contributed by atoms with Crippen molar-refractivity contribution in [2.24, 2.45) is 0 Å². The maximum atomic E-state index is 12.8. The molecule has 2 aromatic carbocycles. The van der Waals surface area contributed by atoms with E-state index >= 15 is 0 Å². The van der Waals surface area contributed by atoms with Gasteiger partial charge in [-0.25, -0.2) is 9.59 Å². The quantitative estimate of drug-likeness (QED) is 0.291. The fourth-order valence-corrected chi connectivity index (χ4v) is 3.80. The number of rotatable bonds is 15. The van der Waals surface area contributed by atoms with E-state index in [-0.39, 0.29) is 52.6 Å². The van der Waals surface area contributed by atoms with Crippen LogP contribution in [0.5, 0.6) is 0 Å². The summed E-state index contributed by atoms with van der Waals surface area (Å²) < 4.78 is 65.6. The lowest BCUT2D eigenvalue weighted by Gasteiger charge is -2.27. The SMILES string of the molecule is CS(=O)(=O)OCCN(CCN(CCOS(C)(=O)=O)C(=O)OCc1ccccc1)C(=O)OCc1ccccc1. The van der Waals surface area contributed by atoms with Gasteiger partial charge in [0.25, 0.3) is 20.2 Å². The van der Waals surface area contributed by atoms with Crippen molar-refractivity contribution in [3.63, 3.8) is 0 Å². The van der Waals surface area contributed by atoms with Crippen molar-refractivity contribution < 1.29 is 44.3 Å². The van der Waals surface area contributed by atoms with Crippen LogP contribution in [0.4, 0.5) is 9.59 Å². The second-order valence-electron chi connectivity index (χ2n) is 8.11. The number of hydrogen-bond donors (Lipinski definition) is 0. The number of hydrogen-bond acceptors (Lipinski definition) is 10. The molecule has 0 aromatic heterocycles. The van der Waals surface area contributed by atoms with Crippen LogP contribution in [-0.2, 0) is 51.3 Å². The Labute approximate surface area is 223 Å². The Balaban J connectivity index is 2.06. The van der Waals surface area contributed by atoms with Gasteiger partial charge in [-0.1, -0.05) is 60.7 Å². The van der Waals surface area contributed by atoms with Crippen molar-refractivity contribution in [2.45, 2.75) is 13.2 Å². The Morgan fingerprint density at radius 1 is 0.605 bits per heavy atom. The van der Waals surface area contributed by atoms with E-state index in [1.807, 2.05) is 12.1 Å². The van der Waals surface area contributed by atoms with Gasteiger partial charge >= 0.3 is 12.2 Å². The molecule has 0 saturated heterocycles. The highest BCUT2D eigenvalue weighted by Gasteiger charge is 2.21. The minimum Gasteiger partial charge on any atom is -0.445 e. The van der Waals surface area contributed by atoms with Crippen LogP contribution in [0.15, 0.2) is 60.7 Å². The van der Waals surface area contributed by atoms with Gasteiger partial charge in [0, 0.05) is 26.2 Å². The van der Waals surface area contributed by atoms with Gasteiger partial charge < -0.3 is 19.3 Å². The highest BCUT2D eigenvalue weighted by molar-refractivity contribution is 7.86. The van der Waals surface area contributed by atoms with Crippen LogP contribution in [0.3, 0.4) is 0 Å². The first-order chi connectivity index (χ1) is 17.9. The zero-order valence-electron chi connectivity index (χ0n) is 21.2. The van der Waals surface area contributed by atoms with Gasteiger partial charge in [0.05, 0.1) is 25.7 Å². The fraction of sp³-hybridized carbons (Fsp3) is 0.417. The van der Waals surface area contributed by atoms with Crippen molar-refractivity contribution >= 4 is 32.4 Å². The van der Waals surface area contributed by atoms with E-state index < -0.39 is 32.4 Å². The molecule has 0 spiro atoms. The molecule has 12 nitrogen and oxygen atoms in total. The van der Waals surface area contributed by atoms with E-state index in [1.54, 1.807) is 48.5 Å². The molecule has 0 atom stereocenters. The normalized spacial score (nSPS) is 11.5.